The first-order valence-corrected chi connectivity index (χ1v) is 5.47. The van der Waals surface area contributed by atoms with Crippen molar-refractivity contribution in [1.82, 2.24) is 0 Å². The molecule has 5 nitrogen and oxygen atoms in total. The molecule has 0 amide bonds. The predicted octanol–water partition coefficient (Wildman–Crippen LogP) is 1.72. The summed E-state index contributed by atoms with van der Waals surface area (Å²) >= 11 is 0. The number of hydrogen-bond donors (Lipinski definition) is 1. The Hall–Kier alpha value is -1.72. The number of anilines is 1. The van der Waals surface area contributed by atoms with E-state index in [0.717, 1.165) is 0 Å². The Kier molecular flexibility index (Phi) is 5.00. The molecule has 1 rings (SSSR count). The normalized spacial score (nSPS) is 10.7. The Balaban J connectivity index is 3.22. The summed E-state index contributed by atoms with van der Waals surface area (Å²) in [7, 11) is 2.92. The fourth-order valence-corrected chi connectivity index (χ4v) is 1.74. The van der Waals surface area contributed by atoms with Gasteiger partial charge in [-0.1, -0.05) is 12.1 Å². The summed E-state index contributed by atoms with van der Waals surface area (Å²) in [4.78, 5) is 23.0. The minimum atomic E-state index is -0.725. The van der Waals surface area contributed by atoms with Crippen LogP contribution in [0.5, 0.6) is 0 Å². The van der Waals surface area contributed by atoms with Gasteiger partial charge in [0, 0.05) is 31.0 Å². The molecule has 0 fully saturated rings. The topological polar surface area (TPSA) is 78.6 Å². The van der Waals surface area contributed by atoms with Crippen LogP contribution in [-0.4, -0.2) is 25.8 Å². The molecule has 98 valence electrons. The number of nitrogen functional groups attached to an aromatic ring is 1. The van der Waals surface area contributed by atoms with Crippen molar-refractivity contribution in [1.29, 1.82) is 0 Å². The van der Waals surface area contributed by atoms with Crippen LogP contribution in [0.15, 0.2) is 18.2 Å². The summed E-state index contributed by atoms with van der Waals surface area (Å²) in [6, 6.07) is 4.93. The Morgan fingerprint density at radius 1 is 1.28 bits per heavy atom. The number of Topliss-reactive ketones (excluding diaryl/α,β-unsaturated/α-hetero) is 2. The molecule has 18 heavy (non-hydrogen) atoms. The van der Waals surface area contributed by atoms with Gasteiger partial charge in [0.2, 0.25) is 0 Å². The van der Waals surface area contributed by atoms with Gasteiger partial charge in [-0.05, 0) is 13.0 Å². The Morgan fingerprint density at radius 2 is 1.89 bits per heavy atom. The molecule has 0 unspecified atom stereocenters. The molecule has 0 aromatic heterocycles. The number of ether oxygens (including phenoxy) is 2. The van der Waals surface area contributed by atoms with Crippen LogP contribution < -0.4 is 5.73 Å². The van der Waals surface area contributed by atoms with E-state index in [0.29, 0.717) is 16.8 Å². The second-order valence-corrected chi connectivity index (χ2v) is 3.91. The van der Waals surface area contributed by atoms with Crippen molar-refractivity contribution in [2.45, 2.75) is 19.6 Å². The molecule has 0 spiro atoms. The molecule has 0 saturated heterocycles. The van der Waals surface area contributed by atoms with Crippen molar-refractivity contribution in [3.05, 3.63) is 29.3 Å². The average Bonchev–Trinajstić information content (AvgIpc) is 2.31. The molecule has 0 radical (unpaired) electrons. The summed E-state index contributed by atoms with van der Waals surface area (Å²) < 4.78 is 10.2. The first kappa shape index (κ1) is 14.3. The van der Waals surface area contributed by atoms with E-state index in [2.05, 4.69) is 0 Å². The maximum Gasteiger partial charge on any atom is 0.185 e. The van der Waals surface area contributed by atoms with E-state index in [-0.39, 0.29) is 18.0 Å². The van der Waals surface area contributed by atoms with Gasteiger partial charge in [0.1, 0.15) is 5.78 Å². The second-order valence-electron chi connectivity index (χ2n) is 3.91. The second kappa shape index (κ2) is 6.28. The number of carbonyl (C=O) groups excluding carboxylic acids is 2. The lowest BCUT2D eigenvalue weighted by Gasteiger charge is -2.18. The predicted molar refractivity (Wildman–Crippen MR) is 67.2 cm³/mol. The van der Waals surface area contributed by atoms with Gasteiger partial charge in [0.15, 0.2) is 12.1 Å². The van der Waals surface area contributed by atoms with Crippen molar-refractivity contribution in [2.75, 3.05) is 20.0 Å². The Labute approximate surface area is 106 Å². The van der Waals surface area contributed by atoms with Crippen LogP contribution in [0, 0.1) is 0 Å². The average molecular weight is 251 g/mol. The zero-order chi connectivity index (χ0) is 13.7. The Morgan fingerprint density at radius 3 is 2.39 bits per heavy atom. The highest BCUT2D eigenvalue weighted by Crippen LogP contribution is 2.28. The van der Waals surface area contributed by atoms with Gasteiger partial charge in [-0.3, -0.25) is 9.59 Å². The lowest BCUT2D eigenvalue weighted by atomic mass is 9.98. The van der Waals surface area contributed by atoms with Gasteiger partial charge >= 0.3 is 0 Å². The molecule has 5 heteroatoms. The van der Waals surface area contributed by atoms with E-state index >= 15 is 0 Å². The highest BCUT2D eigenvalue weighted by molar-refractivity contribution is 6.08. The zero-order valence-corrected chi connectivity index (χ0v) is 10.7. The van der Waals surface area contributed by atoms with E-state index in [1.54, 1.807) is 18.2 Å². The molecule has 0 saturated carbocycles. The van der Waals surface area contributed by atoms with Gasteiger partial charge in [-0.25, -0.2) is 0 Å². The monoisotopic (exact) mass is 251 g/mol. The highest BCUT2D eigenvalue weighted by atomic mass is 16.7. The third-order valence-corrected chi connectivity index (χ3v) is 2.51. The molecule has 0 aliphatic heterocycles. The van der Waals surface area contributed by atoms with Gasteiger partial charge in [-0.2, -0.15) is 0 Å². The maximum absolute atomic E-state index is 12.0. The molecule has 0 aliphatic carbocycles. The first-order chi connectivity index (χ1) is 8.51. The van der Waals surface area contributed by atoms with Crippen LogP contribution in [0.1, 0.15) is 35.6 Å². The van der Waals surface area contributed by atoms with Crippen LogP contribution in [0.3, 0.4) is 0 Å². The fraction of sp³-hybridized carbons (Fsp3) is 0.385. The number of carbonyl (C=O) groups is 2. The smallest absolute Gasteiger partial charge is 0.185 e. The summed E-state index contributed by atoms with van der Waals surface area (Å²) in [6.45, 7) is 1.37. The van der Waals surface area contributed by atoms with E-state index in [1.807, 2.05) is 0 Å². The summed E-state index contributed by atoms with van der Waals surface area (Å²) in [6.07, 6.45) is -0.881. The zero-order valence-electron chi connectivity index (χ0n) is 10.7. The molecule has 0 heterocycles. The standard InChI is InChI=1S/C13H17NO4/c1-8(15)7-11(16)9-5-4-6-10(14)12(9)13(17-2)18-3/h4-6,13H,7,14H2,1-3H3. The minimum absolute atomic E-state index is 0.156. The third kappa shape index (κ3) is 3.15. The molecular formula is C13H17NO4. The third-order valence-electron chi connectivity index (χ3n) is 2.51. The lowest BCUT2D eigenvalue weighted by molar-refractivity contribution is -0.116. The largest absolute Gasteiger partial charge is 0.398 e. The highest BCUT2D eigenvalue weighted by Gasteiger charge is 2.21. The summed E-state index contributed by atoms with van der Waals surface area (Å²) in [5.74, 6) is -0.483. The van der Waals surface area contributed by atoms with Crippen molar-refractivity contribution < 1.29 is 19.1 Å². The fourth-order valence-electron chi connectivity index (χ4n) is 1.74. The van der Waals surface area contributed by atoms with E-state index in [1.165, 1.54) is 21.1 Å². The van der Waals surface area contributed by atoms with Crippen molar-refractivity contribution >= 4 is 17.3 Å². The van der Waals surface area contributed by atoms with Crippen LogP contribution in [-0.2, 0) is 14.3 Å². The number of nitrogens with two attached hydrogens (primary N) is 1. The van der Waals surface area contributed by atoms with Crippen LogP contribution in [0.4, 0.5) is 5.69 Å². The minimum Gasteiger partial charge on any atom is -0.398 e. The van der Waals surface area contributed by atoms with Crippen LogP contribution >= 0.6 is 0 Å². The quantitative estimate of drug-likeness (QED) is 0.360. The lowest BCUT2D eigenvalue weighted by Crippen LogP contribution is -2.15. The van der Waals surface area contributed by atoms with E-state index in [4.69, 9.17) is 15.2 Å². The van der Waals surface area contributed by atoms with Gasteiger partial charge < -0.3 is 15.2 Å². The van der Waals surface area contributed by atoms with Crippen LogP contribution in [0.2, 0.25) is 0 Å². The maximum atomic E-state index is 12.0. The Bertz CT molecular complexity index is 452. The number of hydrogen-bond acceptors (Lipinski definition) is 5. The first-order valence-electron chi connectivity index (χ1n) is 5.47. The van der Waals surface area contributed by atoms with E-state index < -0.39 is 6.29 Å². The molecular weight excluding hydrogens is 234 g/mol. The number of methoxy groups -OCH3 is 2. The number of benzene rings is 1. The molecule has 0 atom stereocenters. The molecule has 2 N–H and O–H groups in total. The van der Waals surface area contributed by atoms with Gasteiger partial charge in [0.05, 0.1) is 6.42 Å². The van der Waals surface area contributed by atoms with Crippen molar-refractivity contribution in [2.24, 2.45) is 0 Å². The SMILES string of the molecule is COC(OC)c1c(N)cccc1C(=O)CC(C)=O. The van der Waals surface area contributed by atoms with Gasteiger partial charge in [0.25, 0.3) is 0 Å². The number of rotatable bonds is 6. The molecule has 1 aromatic rings. The molecule has 0 aliphatic rings. The molecule has 1 aromatic carbocycles. The van der Waals surface area contributed by atoms with Crippen LogP contribution in [0.25, 0.3) is 0 Å². The van der Waals surface area contributed by atoms with Gasteiger partial charge in [-0.15, -0.1) is 0 Å². The molecule has 0 bridgehead atoms. The van der Waals surface area contributed by atoms with Crippen molar-refractivity contribution in [3.63, 3.8) is 0 Å². The summed E-state index contributed by atoms with van der Waals surface area (Å²) in [5, 5.41) is 0. The van der Waals surface area contributed by atoms with E-state index in [9.17, 15) is 9.59 Å². The van der Waals surface area contributed by atoms with Crippen molar-refractivity contribution in [3.8, 4) is 0 Å². The summed E-state index contributed by atoms with van der Waals surface area (Å²) in [5.41, 5.74) is 7.07. The number of ketones is 2.